The van der Waals surface area contributed by atoms with E-state index in [1.54, 1.807) is 0 Å². The zero-order chi connectivity index (χ0) is 6.69. The Kier molecular flexibility index (Phi) is 2.86. The van der Waals surface area contributed by atoms with Gasteiger partial charge < -0.3 is 5.73 Å². The van der Waals surface area contributed by atoms with Gasteiger partial charge in [-0.15, -0.1) is 0 Å². The Morgan fingerprint density at radius 3 is 2.78 bits per heavy atom. The van der Waals surface area contributed by atoms with Crippen LogP contribution in [0, 0.1) is 5.92 Å². The summed E-state index contributed by atoms with van der Waals surface area (Å²) in [6.45, 7) is 0. The first-order valence-corrected chi connectivity index (χ1v) is 4.97. The van der Waals surface area contributed by atoms with E-state index in [2.05, 4.69) is 6.26 Å². The lowest BCUT2D eigenvalue weighted by Crippen LogP contribution is -2.15. The highest BCUT2D eigenvalue weighted by Gasteiger charge is 2.20. The molecule has 2 heteroatoms. The smallest absolute Gasteiger partial charge is 0.00418 e. The van der Waals surface area contributed by atoms with Crippen LogP contribution >= 0.6 is 11.8 Å². The average molecular weight is 145 g/mol. The number of rotatable bonds is 2. The fourth-order valence-corrected chi connectivity index (χ4v) is 2.27. The molecule has 2 atom stereocenters. The van der Waals surface area contributed by atoms with Gasteiger partial charge in [-0.1, -0.05) is 0 Å². The molecule has 0 aromatic heterocycles. The molecule has 0 saturated heterocycles. The van der Waals surface area contributed by atoms with Crippen molar-refractivity contribution in [1.29, 1.82) is 0 Å². The highest BCUT2D eigenvalue weighted by Crippen LogP contribution is 2.26. The van der Waals surface area contributed by atoms with Gasteiger partial charge in [-0.25, -0.2) is 0 Å². The Bertz CT molecular complexity index is 83.0. The SMILES string of the molecule is CSC[C@H]1CC[C@@H](N)C1. The minimum atomic E-state index is 0.516. The normalized spacial score (nSPS) is 35.3. The topological polar surface area (TPSA) is 26.0 Å². The van der Waals surface area contributed by atoms with Gasteiger partial charge in [0.15, 0.2) is 0 Å². The van der Waals surface area contributed by atoms with E-state index in [1.807, 2.05) is 11.8 Å². The molecule has 0 heterocycles. The molecule has 1 aliphatic rings. The molecule has 1 aliphatic carbocycles. The molecule has 0 aliphatic heterocycles. The van der Waals surface area contributed by atoms with Crippen LogP contribution in [0.4, 0.5) is 0 Å². The van der Waals surface area contributed by atoms with Crippen LogP contribution in [0.1, 0.15) is 19.3 Å². The van der Waals surface area contributed by atoms with Crippen molar-refractivity contribution >= 4 is 11.8 Å². The monoisotopic (exact) mass is 145 g/mol. The van der Waals surface area contributed by atoms with E-state index in [0.29, 0.717) is 6.04 Å². The molecular weight excluding hydrogens is 130 g/mol. The summed E-state index contributed by atoms with van der Waals surface area (Å²) in [6, 6.07) is 0.516. The molecule has 9 heavy (non-hydrogen) atoms. The molecule has 0 unspecified atom stereocenters. The van der Waals surface area contributed by atoms with Gasteiger partial charge in [0.25, 0.3) is 0 Å². The third-order valence-corrected chi connectivity index (χ3v) is 2.79. The summed E-state index contributed by atoms with van der Waals surface area (Å²) in [6.07, 6.45) is 6.05. The molecule has 1 saturated carbocycles. The van der Waals surface area contributed by atoms with Crippen molar-refractivity contribution in [3.8, 4) is 0 Å². The molecular formula is C7H15NS. The molecule has 0 aromatic rings. The molecule has 0 bridgehead atoms. The molecule has 2 N–H and O–H groups in total. The summed E-state index contributed by atoms with van der Waals surface area (Å²) in [7, 11) is 0. The Labute approximate surface area is 61.4 Å². The molecule has 1 fully saturated rings. The van der Waals surface area contributed by atoms with E-state index < -0.39 is 0 Å². The molecule has 1 rings (SSSR count). The van der Waals surface area contributed by atoms with Gasteiger partial charge in [-0.3, -0.25) is 0 Å². The van der Waals surface area contributed by atoms with Crippen molar-refractivity contribution in [3.05, 3.63) is 0 Å². The standard InChI is InChI=1S/C7H15NS/c1-9-5-6-2-3-7(8)4-6/h6-7H,2-5,8H2,1H3/t6-,7+/m0/s1. The third kappa shape index (κ3) is 2.18. The molecule has 0 spiro atoms. The maximum absolute atomic E-state index is 5.75. The lowest BCUT2D eigenvalue weighted by molar-refractivity contribution is 0.604. The van der Waals surface area contributed by atoms with Gasteiger partial charge in [-0.05, 0) is 37.2 Å². The number of nitrogens with two attached hydrogens (primary N) is 1. The Morgan fingerprint density at radius 2 is 2.33 bits per heavy atom. The van der Waals surface area contributed by atoms with Crippen molar-refractivity contribution in [2.45, 2.75) is 25.3 Å². The van der Waals surface area contributed by atoms with Gasteiger partial charge >= 0.3 is 0 Å². The van der Waals surface area contributed by atoms with E-state index in [9.17, 15) is 0 Å². The minimum absolute atomic E-state index is 0.516. The molecule has 0 radical (unpaired) electrons. The van der Waals surface area contributed by atoms with E-state index in [4.69, 9.17) is 5.73 Å². The van der Waals surface area contributed by atoms with Gasteiger partial charge in [0.1, 0.15) is 0 Å². The van der Waals surface area contributed by atoms with Crippen LogP contribution in [-0.4, -0.2) is 18.1 Å². The number of hydrogen-bond acceptors (Lipinski definition) is 2. The molecule has 54 valence electrons. The van der Waals surface area contributed by atoms with Crippen molar-refractivity contribution in [2.24, 2.45) is 11.7 Å². The predicted octanol–water partition coefficient (Wildman–Crippen LogP) is 1.48. The van der Waals surface area contributed by atoms with Crippen molar-refractivity contribution in [3.63, 3.8) is 0 Å². The van der Waals surface area contributed by atoms with Gasteiger partial charge in [0.05, 0.1) is 0 Å². The summed E-state index contributed by atoms with van der Waals surface area (Å²) in [5, 5.41) is 0. The second-order valence-corrected chi connectivity index (χ2v) is 3.81. The summed E-state index contributed by atoms with van der Waals surface area (Å²) >= 11 is 1.95. The average Bonchev–Trinajstić information content (AvgIpc) is 2.17. The number of hydrogen-bond donors (Lipinski definition) is 1. The largest absolute Gasteiger partial charge is 0.328 e. The lowest BCUT2D eigenvalue weighted by Gasteiger charge is -2.04. The van der Waals surface area contributed by atoms with E-state index in [1.165, 1.54) is 25.0 Å². The van der Waals surface area contributed by atoms with E-state index in [-0.39, 0.29) is 0 Å². The van der Waals surface area contributed by atoms with Crippen LogP contribution in [0.25, 0.3) is 0 Å². The van der Waals surface area contributed by atoms with Gasteiger partial charge in [0.2, 0.25) is 0 Å². The molecule has 0 aromatic carbocycles. The highest BCUT2D eigenvalue weighted by atomic mass is 32.2. The predicted molar refractivity (Wildman–Crippen MR) is 43.7 cm³/mol. The fourth-order valence-electron chi connectivity index (χ4n) is 1.50. The Balaban J connectivity index is 2.14. The third-order valence-electron chi connectivity index (χ3n) is 1.98. The maximum atomic E-state index is 5.75. The van der Waals surface area contributed by atoms with Crippen LogP contribution < -0.4 is 5.73 Å². The second kappa shape index (κ2) is 3.47. The van der Waals surface area contributed by atoms with Gasteiger partial charge in [0, 0.05) is 6.04 Å². The van der Waals surface area contributed by atoms with Crippen LogP contribution in [-0.2, 0) is 0 Å². The van der Waals surface area contributed by atoms with Crippen molar-refractivity contribution < 1.29 is 0 Å². The minimum Gasteiger partial charge on any atom is -0.328 e. The zero-order valence-electron chi connectivity index (χ0n) is 5.97. The highest BCUT2D eigenvalue weighted by molar-refractivity contribution is 7.98. The first-order valence-electron chi connectivity index (χ1n) is 3.57. The van der Waals surface area contributed by atoms with Crippen LogP contribution in [0.2, 0.25) is 0 Å². The first kappa shape index (κ1) is 7.42. The zero-order valence-corrected chi connectivity index (χ0v) is 6.79. The van der Waals surface area contributed by atoms with E-state index >= 15 is 0 Å². The summed E-state index contributed by atoms with van der Waals surface area (Å²) < 4.78 is 0. The summed E-state index contributed by atoms with van der Waals surface area (Å²) in [5.41, 5.74) is 5.75. The van der Waals surface area contributed by atoms with E-state index in [0.717, 1.165) is 5.92 Å². The first-order chi connectivity index (χ1) is 4.33. The summed E-state index contributed by atoms with van der Waals surface area (Å²) in [4.78, 5) is 0. The second-order valence-electron chi connectivity index (χ2n) is 2.89. The molecule has 1 nitrogen and oxygen atoms in total. The number of thioether (sulfide) groups is 1. The Morgan fingerprint density at radius 1 is 1.56 bits per heavy atom. The van der Waals surface area contributed by atoms with Crippen molar-refractivity contribution in [1.82, 2.24) is 0 Å². The summed E-state index contributed by atoms with van der Waals surface area (Å²) in [5.74, 6) is 2.24. The Hall–Kier alpha value is 0.310. The quantitative estimate of drug-likeness (QED) is 0.637. The fraction of sp³-hybridized carbons (Fsp3) is 1.00. The lowest BCUT2D eigenvalue weighted by atomic mass is 10.1. The molecule has 0 amide bonds. The maximum Gasteiger partial charge on any atom is 0.00418 e. The van der Waals surface area contributed by atoms with Crippen LogP contribution in [0.3, 0.4) is 0 Å². The van der Waals surface area contributed by atoms with Crippen molar-refractivity contribution in [2.75, 3.05) is 12.0 Å². The van der Waals surface area contributed by atoms with Crippen LogP contribution in [0.5, 0.6) is 0 Å². The van der Waals surface area contributed by atoms with Crippen LogP contribution in [0.15, 0.2) is 0 Å². The van der Waals surface area contributed by atoms with Gasteiger partial charge in [-0.2, -0.15) is 11.8 Å².